The Kier molecular flexibility index (Phi) is 5.34. The Morgan fingerprint density at radius 2 is 2.00 bits per heavy atom. The minimum atomic E-state index is -0.104. The summed E-state index contributed by atoms with van der Waals surface area (Å²) in [5.41, 5.74) is 3.99. The minimum Gasteiger partial charge on any atom is -0.286 e. The first kappa shape index (κ1) is 18.9. The second-order valence-electron chi connectivity index (χ2n) is 6.86. The first-order valence-corrected chi connectivity index (χ1v) is 9.85. The molecule has 3 aromatic rings. The fraction of sp³-hybridized carbons (Fsp3) is 0.421. The molecule has 0 N–H and O–H groups in total. The van der Waals surface area contributed by atoms with Gasteiger partial charge in [-0.25, -0.2) is 4.98 Å². The van der Waals surface area contributed by atoms with Gasteiger partial charge in [-0.1, -0.05) is 36.8 Å². The van der Waals surface area contributed by atoms with Crippen LogP contribution < -0.4 is 4.90 Å². The molecule has 5 nitrogen and oxygen atoms in total. The van der Waals surface area contributed by atoms with E-state index in [9.17, 15) is 4.79 Å². The zero-order valence-corrected chi connectivity index (χ0v) is 17.3. The van der Waals surface area contributed by atoms with E-state index in [1.807, 2.05) is 57.5 Å². The number of fused-ring (bicyclic) bond motifs is 1. The van der Waals surface area contributed by atoms with Gasteiger partial charge in [0.1, 0.15) is 0 Å². The van der Waals surface area contributed by atoms with Crippen molar-refractivity contribution in [2.45, 2.75) is 41.2 Å². The summed E-state index contributed by atoms with van der Waals surface area (Å²) < 4.78 is 2.93. The molecule has 0 aliphatic carbocycles. The molecule has 26 heavy (non-hydrogen) atoms. The fourth-order valence-electron chi connectivity index (χ4n) is 2.97. The zero-order valence-electron chi connectivity index (χ0n) is 15.7. The molecular weight excluding hydrogens is 368 g/mol. The van der Waals surface area contributed by atoms with Gasteiger partial charge in [-0.2, -0.15) is 5.10 Å². The van der Waals surface area contributed by atoms with Gasteiger partial charge in [0.05, 0.1) is 22.5 Å². The lowest BCUT2D eigenvalue weighted by atomic mass is 10.2. The second kappa shape index (κ2) is 7.37. The van der Waals surface area contributed by atoms with Gasteiger partial charge in [-0.3, -0.25) is 14.4 Å². The predicted octanol–water partition coefficient (Wildman–Crippen LogP) is 4.76. The third kappa shape index (κ3) is 3.76. The van der Waals surface area contributed by atoms with E-state index in [2.05, 4.69) is 5.10 Å². The summed E-state index contributed by atoms with van der Waals surface area (Å²) in [6, 6.07) is 5.85. The van der Waals surface area contributed by atoms with Crippen LogP contribution in [0, 0.1) is 26.7 Å². The Bertz CT molecular complexity index is 960. The molecule has 0 saturated heterocycles. The summed E-state index contributed by atoms with van der Waals surface area (Å²) >= 11 is 7.68. The Morgan fingerprint density at radius 3 is 2.62 bits per heavy atom. The van der Waals surface area contributed by atoms with Crippen molar-refractivity contribution in [3.05, 3.63) is 40.2 Å². The van der Waals surface area contributed by atoms with E-state index in [4.69, 9.17) is 16.6 Å². The molecule has 0 bridgehead atoms. The average Bonchev–Trinajstić information content (AvgIpc) is 3.10. The molecule has 1 aromatic carbocycles. The number of halogens is 1. The van der Waals surface area contributed by atoms with Crippen LogP contribution in [0.2, 0.25) is 5.02 Å². The molecular formula is C19H23ClN4OS. The molecule has 0 unspecified atom stereocenters. The molecule has 0 fully saturated rings. The highest BCUT2D eigenvalue weighted by Gasteiger charge is 2.23. The number of carbonyl (C=O) groups excluding carboxylic acids is 1. The number of rotatable bonds is 5. The predicted molar refractivity (Wildman–Crippen MR) is 108 cm³/mol. The molecule has 0 aliphatic heterocycles. The average molecular weight is 391 g/mol. The molecule has 0 aliphatic rings. The van der Waals surface area contributed by atoms with E-state index in [0.29, 0.717) is 23.2 Å². The number of benzene rings is 1. The summed E-state index contributed by atoms with van der Waals surface area (Å²) in [6.45, 7) is 11.0. The van der Waals surface area contributed by atoms with Crippen molar-refractivity contribution in [2.24, 2.45) is 5.92 Å². The van der Waals surface area contributed by atoms with Crippen LogP contribution in [0.1, 0.15) is 30.8 Å². The summed E-state index contributed by atoms with van der Waals surface area (Å²) in [7, 11) is 0. The first-order chi connectivity index (χ1) is 12.3. The number of carbonyl (C=O) groups is 1. The topological polar surface area (TPSA) is 51.0 Å². The monoisotopic (exact) mass is 390 g/mol. The molecule has 0 radical (unpaired) electrons. The van der Waals surface area contributed by atoms with Crippen LogP contribution in [0.5, 0.6) is 0 Å². The van der Waals surface area contributed by atoms with E-state index < -0.39 is 0 Å². The van der Waals surface area contributed by atoms with Crippen LogP contribution in [-0.2, 0) is 11.3 Å². The molecule has 1 amide bonds. The van der Waals surface area contributed by atoms with Crippen LogP contribution in [0.15, 0.2) is 18.2 Å². The standard InChI is InChI=1S/C19H23ClN4OS/c1-11(2)18(25)23(6-7-24-14(5)9-13(4)22-24)19-21-17-12(3)8-15(20)10-16(17)26-19/h8-11H,6-7H2,1-5H3. The molecule has 7 heteroatoms. The Hall–Kier alpha value is -1.92. The third-order valence-electron chi connectivity index (χ3n) is 4.27. The van der Waals surface area contributed by atoms with Crippen molar-refractivity contribution in [1.82, 2.24) is 14.8 Å². The lowest BCUT2D eigenvalue weighted by Crippen LogP contribution is -2.37. The number of thiazole rings is 1. The Morgan fingerprint density at radius 1 is 1.27 bits per heavy atom. The van der Waals surface area contributed by atoms with Crippen molar-refractivity contribution < 1.29 is 4.79 Å². The van der Waals surface area contributed by atoms with E-state index in [0.717, 1.165) is 27.2 Å². The lowest BCUT2D eigenvalue weighted by Gasteiger charge is -2.22. The van der Waals surface area contributed by atoms with Gasteiger partial charge in [0.2, 0.25) is 5.91 Å². The van der Waals surface area contributed by atoms with Crippen LogP contribution in [0.3, 0.4) is 0 Å². The normalized spacial score (nSPS) is 11.5. The highest BCUT2D eigenvalue weighted by molar-refractivity contribution is 7.22. The Balaban J connectivity index is 1.94. The lowest BCUT2D eigenvalue weighted by molar-refractivity contribution is -0.121. The number of aromatic nitrogens is 3. The van der Waals surface area contributed by atoms with Gasteiger partial charge in [0, 0.05) is 23.2 Å². The number of hydrogen-bond donors (Lipinski definition) is 0. The molecule has 2 heterocycles. The summed E-state index contributed by atoms with van der Waals surface area (Å²) in [5.74, 6) is -0.0403. The molecule has 138 valence electrons. The first-order valence-electron chi connectivity index (χ1n) is 8.65. The smallest absolute Gasteiger partial charge is 0.231 e. The molecule has 0 atom stereocenters. The van der Waals surface area contributed by atoms with Crippen molar-refractivity contribution in [3.8, 4) is 0 Å². The maximum atomic E-state index is 12.8. The second-order valence-corrected chi connectivity index (χ2v) is 8.31. The van der Waals surface area contributed by atoms with Crippen LogP contribution in [0.25, 0.3) is 10.2 Å². The van der Waals surface area contributed by atoms with Crippen LogP contribution in [0.4, 0.5) is 5.13 Å². The fourth-order valence-corrected chi connectivity index (χ4v) is 4.42. The van der Waals surface area contributed by atoms with Crippen molar-refractivity contribution in [1.29, 1.82) is 0 Å². The molecule has 0 saturated carbocycles. The number of amides is 1. The van der Waals surface area contributed by atoms with Crippen molar-refractivity contribution in [2.75, 3.05) is 11.4 Å². The van der Waals surface area contributed by atoms with Gasteiger partial charge in [-0.05, 0) is 44.5 Å². The highest BCUT2D eigenvalue weighted by atomic mass is 35.5. The van der Waals surface area contributed by atoms with E-state index >= 15 is 0 Å². The van der Waals surface area contributed by atoms with E-state index in [-0.39, 0.29) is 11.8 Å². The van der Waals surface area contributed by atoms with Gasteiger partial charge in [0.25, 0.3) is 0 Å². The zero-order chi connectivity index (χ0) is 19.0. The third-order valence-corrected chi connectivity index (χ3v) is 5.51. The maximum Gasteiger partial charge on any atom is 0.231 e. The van der Waals surface area contributed by atoms with Gasteiger partial charge in [0.15, 0.2) is 5.13 Å². The SMILES string of the molecule is Cc1cc(C)n(CCN(C(=O)C(C)C)c2nc3c(C)cc(Cl)cc3s2)n1. The van der Waals surface area contributed by atoms with Gasteiger partial charge < -0.3 is 0 Å². The number of hydrogen-bond acceptors (Lipinski definition) is 4. The summed E-state index contributed by atoms with van der Waals surface area (Å²) in [6.07, 6.45) is 0. The number of aryl methyl sites for hydroxylation is 3. The quantitative estimate of drug-likeness (QED) is 0.631. The molecule has 2 aromatic heterocycles. The van der Waals surface area contributed by atoms with Crippen LogP contribution >= 0.6 is 22.9 Å². The van der Waals surface area contributed by atoms with E-state index in [1.54, 1.807) is 4.90 Å². The van der Waals surface area contributed by atoms with E-state index in [1.165, 1.54) is 11.3 Å². The van der Waals surface area contributed by atoms with Gasteiger partial charge >= 0.3 is 0 Å². The number of nitrogens with zero attached hydrogens (tertiary/aromatic N) is 4. The van der Waals surface area contributed by atoms with Crippen LogP contribution in [-0.4, -0.2) is 27.2 Å². The maximum absolute atomic E-state index is 12.8. The molecule has 0 spiro atoms. The summed E-state index contributed by atoms with van der Waals surface area (Å²) in [4.78, 5) is 19.3. The Labute approximate surface area is 162 Å². The van der Waals surface area contributed by atoms with Gasteiger partial charge in [-0.15, -0.1) is 0 Å². The largest absolute Gasteiger partial charge is 0.286 e. The number of anilines is 1. The highest BCUT2D eigenvalue weighted by Crippen LogP contribution is 2.33. The van der Waals surface area contributed by atoms with Crippen molar-refractivity contribution in [3.63, 3.8) is 0 Å². The minimum absolute atomic E-state index is 0.0642. The summed E-state index contributed by atoms with van der Waals surface area (Å²) in [5, 5.41) is 5.90. The molecule has 3 rings (SSSR count). The van der Waals surface area contributed by atoms with Crippen molar-refractivity contribution >= 4 is 44.2 Å².